The molecule has 0 bridgehead atoms. The van der Waals surface area contributed by atoms with Crippen LogP contribution in [0.3, 0.4) is 0 Å². The van der Waals surface area contributed by atoms with Gasteiger partial charge in [-0.05, 0) is 65.4 Å². The van der Waals surface area contributed by atoms with Gasteiger partial charge in [0.25, 0.3) is 5.22 Å². The molecule has 0 atom stereocenters. The first kappa shape index (κ1) is 26.4. The Kier molecular flexibility index (Phi) is 8.60. The van der Waals surface area contributed by atoms with Crippen molar-refractivity contribution in [1.82, 2.24) is 10.2 Å². The molecule has 8 nitrogen and oxygen atoms in total. The molecule has 1 aromatic heterocycles. The highest BCUT2D eigenvalue weighted by Crippen LogP contribution is 2.33. The van der Waals surface area contributed by atoms with E-state index in [2.05, 4.69) is 10.2 Å². The molecule has 4 aromatic rings. The Morgan fingerprint density at radius 2 is 1.73 bits per heavy atom. The van der Waals surface area contributed by atoms with Crippen LogP contribution in [0.15, 0.2) is 75.2 Å². The fraction of sp³-hybridized carbons (Fsp3) is 0.115. The first-order chi connectivity index (χ1) is 17.8. The molecule has 0 aliphatic heterocycles. The first-order valence-corrected chi connectivity index (χ1v) is 12.3. The summed E-state index contributed by atoms with van der Waals surface area (Å²) in [7, 11) is 3.07. The maximum absolute atomic E-state index is 11.9. The van der Waals surface area contributed by atoms with Crippen LogP contribution in [0.5, 0.6) is 17.2 Å². The van der Waals surface area contributed by atoms with E-state index in [0.29, 0.717) is 38.4 Å². The zero-order valence-electron chi connectivity index (χ0n) is 19.6. The van der Waals surface area contributed by atoms with E-state index in [1.807, 2.05) is 6.07 Å². The van der Waals surface area contributed by atoms with Crippen LogP contribution in [-0.4, -0.2) is 35.5 Å². The Morgan fingerprint density at radius 1 is 0.973 bits per heavy atom. The number of aromatic nitrogens is 2. The number of carboxylic acids is 1. The predicted molar refractivity (Wildman–Crippen MR) is 142 cm³/mol. The Labute approximate surface area is 226 Å². The summed E-state index contributed by atoms with van der Waals surface area (Å²) in [6.07, 6.45) is 1.50. The first-order valence-electron chi connectivity index (χ1n) is 10.7. The summed E-state index contributed by atoms with van der Waals surface area (Å²) < 4.78 is 22.1. The Hall–Kier alpha value is -3.66. The Balaban J connectivity index is 1.50. The number of methoxy groups -OCH3 is 2. The van der Waals surface area contributed by atoms with Crippen molar-refractivity contribution in [1.29, 1.82) is 0 Å². The summed E-state index contributed by atoms with van der Waals surface area (Å²) in [5.74, 6) is 0.710. The van der Waals surface area contributed by atoms with Crippen LogP contribution in [0.2, 0.25) is 10.0 Å². The van der Waals surface area contributed by atoms with E-state index in [4.69, 9.17) is 41.8 Å². The average molecular weight is 559 g/mol. The van der Waals surface area contributed by atoms with Crippen molar-refractivity contribution < 1.29 is 28.5 Å². The van der Waals surface area contributed by atoms with E-state index >= 15 is 0 Å². The maximum atomic E-state index is 11.9. The molecule has 0 aliphatic carbocycles. The number of rotatable bonds is 10. The van der Waals surface area contributed by atoms with Crippen LogP contribution >= 0.6 is 35.0 Å². The standard InChI is InChI=1S/C26H20Cl2N2O6S/c1-33-19-11-17(12-20(13-19)34-2)24-29-30-26(36-24)37-23(25(31)32)10-15-4-3-5-18(8-15)35-14-16-6-7-21(27)22(28)9-16/h3-13H,14H2,1-2H3,(H,31,32)/b23-10-. The average Bonchev–Trinajstić information content (AvgIpc) is 3.37. The summed E-state index contributed by atoms with van der Waals surface area (Å²) in [6, 6.07) is 17.4. The molecule has 0 aliphatic rings. The highest BCUT2D eigenvalue weighted by atomic mass is 35.5. The molecule has 0 radical (unpaired) electrons. The third-order valence-corrected chi connectivity index (χ3v) is 6.55. The largest absolute Gasteiger partial charge is 0.497 e. The maximum Gasteiger partial charge on any atom is 0.342 e. The van der Waals surface area contributed by atoms with Crippen LogP contribution < -0.4 is 14.2 Å². The van der Waals surface area contributed by atoms with Gasteiger partial charge in [0.15, 0.2) is 0 Å². The van der Waals surface area contributed by atoms with Gasteiger partial charge in [-0.25, -0.2) is 4.79 Å². The molecule has 37 heavy (non-hydrogen) atoms. The molecule has 1 N–H and O–H groups in total. The normalized spacial score (nSPS) is 11.3. The summed E-state index contributed by atoms with van der Waals surface area (Å²) >= 11 is 12.8. The summed E-state index contributed by atoms with van der Waals surface area (Å²) in [5.41, 5.74) is 2.04. The molecule has 0 unspecified atom stereocenters. The zero-order valence-corrected chi connectivity index (χ0v) is 21.9. The van der Waals surface area contributed by atoms with E-state index in [9.17, 15) is 9.90 Å². The van der Waals surface area contributed by atoms with Crippen molar-refractivity contribution in [3.63, 3.8) is 0 Å². The number of nitrogens with zero attached hydrogens (tertiary/aromatic N) is 2. The molecule has 0 amide bonds. The molecule has 1 heterocycles. The van der Waals surface area contributed by atoms with Gasteiger partial charge in [0.05, 0.1) is 24.3 Å². The lowest BCUT2D eigenvalue weighted by molar-refractivity contribution is -0.131. The monoisotopic (exact) mass is 558 g/mol. The van der Waals surface area contributed by atoms with E-state index in [1.165, 1.54) is 20.3 Å². The molecular weight excluding hydrogens is 539 g/mol. The molecule has 190 valence electrons. The van der Waals surface area contributed by atoms with Gasteiger partial charge in [-0.3, -0.25) is 0 Å². The van der Waals surface area contributed by atoms with Gasteiger partial charge in [0.1, 0.15) is 28.8 Å². The highest BCUT2D eigenvalue weighted by Gasteiger charge is 2.17. The molecule has 4 rings (SSSR count). The van der Waals surface area contributed by atoms with Gasteiger partial charge in [-0.1, -0.05) is 41.4 Å². The minimum Gasteiger partial charge on any atom is -0.497 e. The van der Waals surface area contributed by atoms with Crippen molar-refractivity contribution in [2.75, 3.05) is 14.2 Å². The molecule has 0 saturated carbocycles. The second-order valence-electron chi connectivity index (χ2n) is 7.50. The minimum absolute atomic E-state index is 0.0138. The van der Waals surface area contributed by atoms with Crippen LogP contribution in [-0.2, 0) is 11.4 Å². The smallest absolute Gasteiger partial charge is 0.342 e. The molecule has 0 fully saturated rings. The van der Waals surface area contributed by atoms with Gasteiger partial charge in [0, 0.05) is 11.6 Å². The lowest BCUT2D eigenvalue weighted by Crippen LogP contribution is -1.98. The second kappa shape index (κ2) is 12.1. The number of hydrogen-bond donors (Lipinski definition) is 1. The van der Waals surface area contributed by atoms with Crippen molar-refractivity contribution >= 4 is 47.0 Å². The van der Waals surface area contributed by atoms with Crippen LogP contribution in [0, 0.1) is 0 Å². The number of carbonyl (C=O) groups is 1. The lowest BCUT2D eigenvalue weighted by Gasteiger charge is -2.08. The van der Waals surface area contributed by atoms with Crippen molar-refractivity contribution in [3.8, 4) is 28.7 Å². The van der Waals surface area contributed by atoms with Gasteiger partial charge in [0.2, 0.25) is 5.89 Å². The quantitative estimate of drug-likeness (QED) is 0.165. The van der Waals surface area contributed by atoms with Crippen molar-refractivity contribution in [3.05, 3.63) is 86.7 Å². The fourth-order valence-corrected chi connectivity index (χ4v) is 4.16. The predicted octanol–water partition coefficient (Wildman–Crippen LogP) is 6.86. The van der Waals surface area contributed by atoms with E-state index in [1.54, 1.807) is 54.6 Å². The topological polar surface area (TPSA) is 104 Å². The van der Waals surface area contributed by atoms with Gasteiger partial charge in [-0.2, -0.15) is 0 Å². The SMILES string of the molecule is COc1cc(OC)cc(-c2nnc(S/C(=C\c3cccc(OCc4ccc(Cl)c(Cl)c4)c3)C(=O)O)o2)c1. The van der Waals surface area contributed by atoms with Crippen molar-refractivity contribution in [2.24, 2.45) is 0 Å². The van der Waals surface area contributed by atoms with Gasteiger partial charge in [-0.15, -0.1) is 10.2 Å². The number of carboxylic acid groups (broad SMARTS) is 1. The zero-order chi connectivity index (χ0) is 26.4. The van der Waals surface area contributed by atoms with E-state index in [-0.39, 0.29) is 22.6 Å². The summed E-state index contributed by atoms with van der Waals surface area (Å²) in [6.45, 7) is 0.268. The summed E-state index contributed by atoms with van der Waals surface area (Å²) in [5, 5.41) is 18.7. The third kappa shape index (κ3) is 6.97. The summed E-state index contributed by atoms with van der Waals surface area (Å²) in [4.78, 5) is 11.9. The fourth-order valence-electron chi connectivity index (χ4n) is 3.17. The van der Waals surface area contributed by atoms with E-state index < -0.39 is 5.97 Å². The number of aliphatic carboxylic acids is 1. The molecular formula is C26H20Cl2N2O6S. The van der Waals surface area contributed by atoms with Gasteiger partial charge >= 0.3 is 5.97 Å². The minimum atomic E-state index is -1.14. The lowest BCUT2D eigenvalue weighted by atomic mass is 10.2. The molecule has 0 saturated heterocycles. The van der Waals surface area contributed by atoms with Gasteiger partial charge < -0.3 is 23.7 Å². The Bertz CT molecular complexity index is 1430. The second-order valence-corrected chi connectivity index (χ2v) is 9.31. The Morgan fingerprint density at radius 3 is 2.41 bits per heavy atom. The number of thioether (sulfide) groups is 1. The molecule has 11 heteroatoms. The molecule has 3 aromatic carbocycles. The number of hydrogen-bond acceptors (Lipinski definition) is 8. The number of halogens is 2. The van der Waals surface area contributed by atoms with Crippen molar-refractivity contribution in [2.45, 2.75) is 11.8 Å². The number of benzene rings is 3. The highest BCUT2D eigenvalue weighted by molar-refractivity contribution is 8.03. The van der Waals surface area contributed by atoms with E-state index in [0.717, 1.165) is 17.3 Å². The number of ether oxygens (including phenoxy) is 3. The molecule has 0 spiro atoms. The van der Waals surface area contributed by atoms with Crippen LogP contribution in [0.4, 0.5) is 0 Å². The van der Waals surface area contributed by atoms with Crippen LogP contribution in [0.25, 0.3) is 17.5 Å². The van der Waals surface area contributed by atoms with Crippen LogP contribution in [0.1, 0.15) is 11.1 Å². The third-order valence-electron chi connectivity index (χ3n) is 4.96.